The standard InChI is InChI=1S/C33H38N4O6/c1-3-32(39)37-15-11-26-20-30(29(22-28(26)37)42-19-18-41-2)43-27-8-12-34-31(21-27)35-33(40)25-6-4-23(5-7-25)24-9-13-36(14-10-24)16-17-38/h4-8,11-12,15,20-22,24,38H,3,9-10,13-14,16-19H2,1-2H3,(H,34,35,40). The van der Waals surface area contributed by atoms with Crippen LogP contribution in [0.5, 0.6) is 17.2 Å². The van der Waals surface area contributed by atoms with Crippen molar-refractivity contribution in [3.8, 4) is 17.2 Å². The van der Waals surface area contributed by atoms with E-state index >= 15 is 0 Å². The summed E-state index contributed by atoms with van der Waals surface area (Å²) < 4.78 is 18.9. The average Bonchev–Trinajstić information content (AvgIpc) is 3.44. The smallest absolute Gasteiger partial charge is 0.256 e. The second-order valence-electron chi connectivity index (χ2n) is 10.5. The zero-order chi connectivity index (χ0) is 30.2. The minimum absolute atomic E-state index is 0.0183. The number of nitrogens with one attached hydrogen (secondary N) is 1. The molecule has 43 heavy (non-hydrogen) atoms. The molecule has 226 valence electrons. The molecule has 0 atom stereocenters. The normalized spacial score (nSPS) is 14.1. The molecule has 1 saturated heterocycles. The van der Waals surface area contributed by atoms with Crippen LogP contribution in [0, 0.1) is 0 Å². The Morgan fingerprint density at radius 3 is 2.53 bits per heavy atom. The Kier molecular flexibility index (Phi) is 10.0. The Hall–Kier alpha value is -4.25. The van der Waals surface area contributed by atoms with Gasteiger partial charge in [-0.15, -0.1) is 0 Å². The van der Waals surface area contributed by atoms with Gasteiger partial charge in [-0.1, -0.05) is 19.1 Å². The Morgan fingerprint density at radius 1 is 1.02 bits per heavy atom. The Bertz CT molecular complexity index is 1540. The summed E-state index contributed by atoms with van der Waals surface area (Å²) in [6.07, 6.45) is 5.77. The number of amides is 1. The number of hydrogen-bond donors (Lipinski definition) is 2. The number of anilines is 1. The topological polar surface area (TPSA) is 115 Å². The highest BCUT2D eigenvalue weighted by atomic mass is 16.5. The van der Waals surface area contributed by atoms with E-state index in [1.807, 2.05) is 43.3 Å². The Balaban J connectivity index is 1.28. The fraction of sp³-hybridized carbons (Fsp3) is 0.364. The first-order valence-corrected chi connectivity index (χ1v) is 14.7. The van der Waals surface area contributed by atoms with Crippen molar-refractivity contribution >= 4 is 28.5 Å². The third-order valence-electron chi connectivity index (χ3n) is 7.72. The molecule has 0 spiro atoms. The lowest BCUT2D eigenvalue weighted by Gasteiger charge is -2.31. The van der Waals surface area contributed by atoms with Crippen LogP contribution in [0.2, 0.25) is 0 Å². The van der Waals surface area contributed by atoms with E-state index in [4.69, 9.17) is 19.3 Å². The van der Waals surface area contributed by atoms with Crippen molar-refractivity contribution in [3.05, 3.63) is 78.1 Å². The highest BCUT2D eigenvalue weighted by Gasteiger charge is 2.21. The monoisotopic (exact) mass is 586 g/mol. The molecule has 2 aromatic carbocycles. The number of ether oxygens (including phenoxy) is 3. The highest BCUT2D eigenvalue weighted by molar-refractivity contribution is 6.03. The van der Waals surface area contributed by atoms with Crippen molar-refractivity contribution in [2.45, 2.75) is 32.1 Å². The van der Waals surface area contributed by atoms with Crippen LogP contribution in [-0.2, 0) is 4.74 Å². The van der Waals surface area contributed by atoms with Crippen molar-refractivity contribution in [3.63, 3.8) is 0 Å². The maximum atomic E-state index is 13.0. The summed E-state index contributed by atoms with van der Waals surface area (Å²) in [7, 11) is 1.60. The molecular formula is C33H38N4O6. The second kappa shape index (κ2) is 14.3. The minimum Gasteiger partial charge on any atom is -0.487 e. The molecule has 0 unspecified atom stereocenters. The molecule has 1 fully saturated rings. The number of aliphatic hydroxyl groups is 1. The molecule has 1 aliphatic heterocycles. The third-order valence-corrected chi connectivity index (χ3v) is 7.72. The summed E-state index contributed by atoms with van der Waals surface area (Å²) in [5, 5.41) is 12.9. The van der Waals surface area contributed by atoms with Crippen LogP contribution in [0.15, 0.2) is 67.0 Å². The Labute approximate surface area is 251 Å². The van der Waals surface area contributed by atoms with Gasteiger partial charge in [0.1, 0.15) is 18.2 Å². The molecule has 0 aliphatic carbocycles. The van der Waals surface area contributed by atoms with Crippen LogP contribution in [0.1, 0.15) is 52.8 Å². The molecule has 1 aliphatic rings. The van der Waals surface area contributed by atoms with Gasteiger partial charge in [-0.05, 0) is 67.7 Å². The van der Waals surface area contributed by atoms with Gasteiger partial charge >= 0.3 is 0 Å². The number of benzene rings is 2. The summed E-state index contributed by atoms with van der Waals surface area (Å²) in [4.78, 5) is 32.0. The van der Waals surface area contributed by atoms with Gasteiger partial charge in [-0.2, -0.15) is 0 Å². The number of methoxy groups -OCH3 is 1. The van der Waals surface area contributed by atoms with Gasteiger partial charge < -0.3 is 29.5 Å². The molecule has 1 amide bonds. The number of pyridine rings is 1. The van der Waals surface area contributed by atoms with Crippen molar-refractivity contribution in [1.82, 2.24) is 14.5 Å². The van der Waals surface area contributed by atoms with E-state index in [1.165, 1.54) is 5.56 Å². The van der Waals surface area contributed by atoms with E-state index in [-0.39, 0.29) is 18.4 Å². The van der Waals surface area contributed by atoms with Crippen LogP contribution in [0.4, 0.5) is 5.82 Å². The summed E-state index contributed by atoms with van der Waals surface area (Å²) in [6, 6.07) is 16.6. The predicted octanol–water partition coefficient (Wildman–Crippen LogP) is 5.33. The largest absolute Gasteiger partial charge is 0.487 e. The molecule has 0 radical (unpaired) electrons. The van der Waals surface area contributed by atoms with Crippen LogP contribution < -0.4 is 14.8 Å². The number of fused-ring (bicyclic) bond motifs is 1. The molecule has 3 heterocycles. The zero-order valence-corrected chi connectivity index (χ0v) is 24.6. The molecule has 0 saturated carbocycles. The first-order chi connectivity index (χ1) is 21.0. The number of rotatable bonds is 12. The molecule has 4 aromatic rings. The number of carbonyl (C=O) groups excluding carboxylic acids is 2. The number of β-amino-alcohol motifs (C(OH)–C–C–N with tert-alkyl or cyclic N) is 1. The van der Waals surface area contributed by atoms with E-state index in [2.05, 4.69) is 15.2 Å². The van der Waals surface area contributed by atoms with Crippen LogP contribution in [0.25, 0.3) is 10.9 Å². The van der Waals surface area contributed by atoms with E-state index in [9.17, 15) is 9.59 Å². The maximum Gasteiger partial charge on any atom is 0.256 e. The lowest BCUT2D eigenvalue weighted by molar-refractivity contribution is 0.0913. The number of aliphatic hydroxyl groups excluding tert-OH is 1. The van der Waals surface area contributed by atoms with Gasteiger partial charge in [-0.3, -0.25) is 14.2 Å². The second-order valence-corrected chi connectivity index (χ2v) is 10.5. The first kappa shape index (κ1) is 30.2. The highest BCUT2D eigenvalue weighted by Crippen LogP contribution is 2.37. The fourth-order valence-electron chi connectivity index (χ4n) is 5.35. The summed E-state index contributed by atoms with van der Waals surface area (Å²) in [5.41, 5.74) is 2.50. The molecule has 5 rings (SSSR count). The number of piperidine rings is 1. The van der Waals surface area contributed by atoms with E-state index in [1.54, 1.807) is 42.3 Å². The van der Waals surface area contributed by atoms with Crippen molar-refractivity contribution in [1.29, 1.82) is 0 Å². The van der Waals surface area contributed by atoms with E-state index in [0.717, 1.165) is 43.4 Å². The number of aromatic nitrogens is 2. The quantitative estimate of drug-likeness (QED) is 0.214. The lowest BCUT2D eigenvalue weighted by atomic mass is 9.89. The molecular weight excluding hydrogens is 548 g/mol. The number of hydrogen-bond acceptors (Lipinski definition) is 8. The van der Waals surface area contributed by atoms with Gasteiger partial charge in [0.2, 0.25) is 5.91 Å². The van der Waals surface area contributed by atoms with Gasteiger partial charge in [0.25, 0.3) is 5.91 Å². The minimum atomic E-state index is -0.263. The summed E-state index contributed by atoms with van der Waals surface area (Å²) in [5.74, 6) is 1.92. The molecule has 10 nitrogen and oxygen atoms in total. The van der Waals surface area contributed by atoms with E-state index < -0.39 is 0 Å². The Morgan fingerprint density at radius 2 is 1.81 bits per heavy atom. The molecule has 10 heteroatoms. The number of carbonyl (C=O) groups is 2. The number of likely N-dealkylation sites (tertiary alicyclic amines) is 1. The third kappa shape index (κ3) is 7.40. The summed E-state index contributed by atoms with van der Waals surface area (Å²) >= 11 is 0. The van der Waals surface area contributed by atoms with Gasteiger partial charge in [-0.25, -0.2) is 4.98 Å². The molecule has 2 N–H and O–H groups in total. The maximum absolute atomic E-state index is 13.0. The van der Waals surface area contributed by atoms with Crippen molar-refractivity contribution in [2.24, 2.45) is 0 Å². The first-order valence-electron chi connectivity index (χ1n) is 14.7. The van der Waals surface area contributed by atoms with Crippen LogP contribution >= 0.6 is 0 Å². The molecule has 2 aromatic heterocycles. The predicted molar refractivity (Wildman–Crippen MR) is 164 cm³/mol. The zero-order valence-electron chi connectivity index (χ0n) is 24.6. The lowest BCUT2D eigenvalue weighted by Crippen LogP contribution is -2.34. The van der Waals surface area contributed by atoms with Crippen LogP contribution in [0.3, 0.4) is 0 Å². The van der Waals surface area contributed by atoms with Crippen molar-refractivity contribution in [2.75, 3.05) is 51.9 Å². The van der Waals surface area contributed by atoms with Gasteiger partial charge in [0.15, 0.2) is 11.5 Å². The number of nitrogens with zero attached hydrogens (tertiary/aromatic N) is 3. The van der Waals surface area contributed by atoms with Gasteiger partial charge in [0.05, 0.1) is 18.7 Å². The van der Waals surface area contributed by atoms with Crippen LogP contribution in [-0.4, -0.2) is 77.9 Å². The fourth-order valence-corrected chi connectivity index (χ4v) is 5.35. The van der Waals surface area contributed by atoms with Crippen molar-refractivity contribution < 1.29 is 28.9 Å². The average molecular weight is 587 g/mol. The van der Waals surface area contributed by atoms with Gasteiger partial charge in [0, 0.05) is 55.6 Å². The summed E-state index contributed by atoms with van der Waals surface area (Å²) in [6.45, 7) is 5.37. The SMILES string of the molecule is CCC(=O)n1ccc2cc(Oc3ccnc(NC(=O)c4ccc(C5CCN(CCO)CC5)cc4)c3)c(OCCOC)cc21. The van der Waals surface area contributed by atoms with E-state index in [0.29, 0.717) is 54.2 Å². The molecule has 0 bridgehead atoms.